The monoisotopic (exact) mass is 264 g/mol. The molecule has 0 radical (unpaired) electrons. The van der Waals surface area contributed by atoms with E-state index in [2.05, 4.69) is 0 Å². The van der Waals surface area contributed by atoms with Crippen LogP contribution in [0.3, 0.4) is 0 Å². The van der Waals surface area contributed by atoms with Crippen molar-refractivity contribution in [2.24, 2.45) is 0 Å². The lowest BCUT2D eigenvalue weighted by atomic mass is 10.1. The smallest absolute Gasteiger partial charge is 0.271 e. The number of hydrogen-bond acceptors (Lipinski definition) is 2. The Balaban J connectivity index is 0.00000225. The Hall–Kier alpha value is -0.433. The van der Waals surface area contributed by atoms with Gasteiger partial charge in [-0.15, -0.1) is 0 Å². The molecule has 0 bridgehead atoms. The molecule has 0 spiro atoms. The molecule has 0 aromatic heterocycles. The Morgan fingerprint density at radius 1 is 1.38 bits per heavy atom. The summed E-state index contributed by atoms with van der Waals surface area (Å²) >= 11 is 0. The Bertz CT molecular complexity index is 417. The quantitative estimate of drug-likeness (QED) is 0.606. The van der Waals surface area contributed by atoms with Crippen molar-refractivity contribution in [1.82, 2.24) is 0 Å². The van der Waals surface area contributed by atoms with Gasteiger partial charge in [0.1, 0.15) is 4.37 Å². The highest BCUT2D eigenvalue weighted by Gasteiger charge is 2.51. The van der Waals surface area contributed by atoms with Crippen LogP contribution in [0, 0.1) is 0 Å². The lowest BCUT2D eigenvalue weighted by Crippen LogP contribution is -2.56. The molecule has 1 atom stereocenters. The van der Waals surface area contributed by atoms with Gasteiger partial charge in [0, 0.05) is 0 Å². The summed E-state index contributed by atoms with van der Waals surface area (Å²) in [5.74, 6) is 0. The predicted octanol–water partition coefficient (Wildman–Crippen LogP) is 1.57. The maximum Gasteiger partial charge on any atom is 0.271 e. The van der Waals surface area contributed by atoms with Crippen LogP contribution in [0.5, 0.6) is 0 Å². The molecular weight excluding hydrogens is 244 g/mol. The first-order valence-electron chi connectivity index (χ1n) is 4.93. The highest BCUT2D eigenvalue weighted by atomic mass is 32.2. The third kappa shape index (κ3) is 2.45. The second-order valence-corrected chi connectivity index (χ2v) is 12.5. The lowest BCUT2D eigenvalue weighted by Gasteiger charge is -2.39. The van der Waals surface area contributed by atoms with E-state index in [9.17, 15) is 13.0 Å². The summed E-state index contributed by atoms with van der Waals surface area (Å²) in [7, 11) is -6.08. The third-order valence-corrected chi connectivity index (χ3v) is 9.82. The van der Waals surface area contributed by atoms with E-state index in [1.165, 1.54) is 0 Å². The van der Waals surface area contributed by atoms with E-state index in [0.717, 1.165) is 5.57 Å². The molecule has 16 heavy (non-hydrogen) atoms. The van der Waals surface area contributed by atoms with E-state index in [-0.39, 0.29) is 5.48 Å². The SMILES string of the molecule is CC1=CCC([Si](C)(C)C)(S(=O)(=O)O)C=C1.O. The van der Waals surface area contributed by atoms with Crippen molar-refractivity contribution in [3.05, 3.63) is 23.8 Å². The first-order chi connectivity index (χ1) is 6.60. The fraction of sp³-hybridized carbons (Fsp3) is 0.600. The van der Waals surface area contributed by atoms with Crippen LogP contribution in [0.2, 0.25) is 19.6 Å². The summed E-state index contributed by atoms with van der Waals surface area (Å²) in [6.45, 7) is 7.80. The van der Waals surface area contributed by atoms with E-state index in [4.69, 9.17) is 0 Å². The van der Waals surface area contributed by atoms with Gasteiger partial charge in [-0.1, -0.05) is 43.4 Å². The van der Waals surface area contributed by atoms with Crippen molar-refractivity contribution >= 4 is 18.2 Å². The first kappa shape index (κ1) is 15.6. The third-order valence-electron chi connectivity index (χ3n) is 3.07. The van der Waals surface area contributed by atoms with Crippen molar-refractivity contribution in [2.45, 2.75) is 37.4 Å². The molecule has 6 heteroatoms. The lowest BCUT2D eigenvalue weighted by molar-refractivity contribution is 0.465. The Kier molecular flexibility index (Phi) is 4.32. The summed E-state index contributed by atoms with van der Waals surface area (Å²) in [6, 6.07) is 0. The Labute approximate surface area is 98.1 Å². The molecule has 0 aliphatic heterocycles. The van der Waals surface area contributed by atoms with E-state index in [1.807, 2.05) is 32.6 Å². The average molecular weight is 264 g/mol. The second kappa shape index (κ2) is 4.44. The van der Waals surface area contributed by atoms with Gasteiger partial charge in [-0.3, -0.25) is 4.55 Å². The minimum atomic E-state index is -4.04. The molecule has 3 N–H and O–H groups in total. The number of hydrogen-bond donors (Lipinski definition) is 1. The minimum Gasteiger partial charge on any atom is -0.412 e. The maximum absolute atomic E-state index is 11.6. The maximum atomic E-state index is 11.6. The average Bonchev–Trinajstić information content (AvgIpc) is 2.00. The zero-order chi connectivity index (χ0) is 11.9. The van der Waals surface area contributed by atoms with Crippen molar-refractivity contribution in [3.63, 3.8) is 0 Å². The molecule has 1 rings (SSSR count). The Morgan fingerprint density at radius 3 is 2.12 bits per heavy atom. The fourth-order valence-electron chi connectivity index (χ4n) is 1.85. The van der Waals surface area contributed by atoms with Crippen LogP contribution in [-0.4, -0.2) is 30.9 Å². The van der Waals surface area contributed by atoms with Gasteiger partial charge in [0.15, 0.2) is 0 Å². The van der Waals surface area contributed by atoms with Crippen LogP contribution < -0.4 is 0 Å². The molecule has 0 aromatic rings. The van der Waals surface area contributed by atoms with Crippen LogP contribution >= 0.6 is 0 Å². The molecule has 0 aromatic carbocycles. The van der Waals surface area contributed by atoms with Gasteiger partial charge in [0.25, 0.3) is 10.1 Å². The van der Waals surface area contributed by atoms with Gasteiger partial charge in [-0.2, -0.15) is 8.42 Å². The standard InChI is InChI=1S/C10H18O3SSi.H2O/c1-9-5-7-10(8-6-9,14(11,12)13)15(2,3)4;/h5-7H,8H2,1-4H3,(H,11,12,13);1H2. The zero-order valence-electron chi connectivity index (χ0n) is 10.1. The second-order valence-electron chi connectivity index (χ2n) is 5.10. The zero-order valence-corrected chi connectivity index (χ0v) is 11.9. The van der Waals surface area contributed by atoms with E-state index < -0.39 is 22.6 Å². The molecular formula is C10H20O4SSi. The summed E-state index contributed by atoms with van der Waals surface area (Å²) in [4.78, 5) is 0. The van der Waals surface area contributed by atoms with Crippen LogP contribution in [-0.2, 0) is 10.1 Å². The van der Waals surface area contributed by atoms with Crippen molar-refractivity contribution < 1.29 is 18.4 Å². The largest absolute Gasteiger partial charge is 0.412 e. The van der Waals surface area contributed by atoms with E-state index in [0.29, 0.717) is 6.42 Å². The number of allylic oxidation sites excluding steroid dienone is 3. The Morgan fingerprint density at radius 2 is 1.88 bits per heavy atom. The van der Waals surface area contributed by atoms with Crippen molar-refractivity contribution in [1.29, 1.82) is 0 Å². The normalized spacial score (nSPS) is 25.9. The van der Waals surface area contributed by atoms with E-state index >= 15 is 0 Å². The van der Waals surface area contributed by atoms with Crippen LogP contribution in [0.1, 0.15) is 13.3 Å². The molecule has 1 aliphatic carbocycles. The molecule has 0 fully saturated rings. The number of rotatable bonds is 2. The van der Waals surface area contributed by atoms with Gasteiger partial charge in [-0.25, -0.2) is 0 Å². The summed E-state index contributed by atoms with van der Waals surface area (Å²) < 4.78 is 31.5. The van der Waals surface area contributed by atoms with E-state index in [1.54, 1.807) is 12.2 Å². The van der Waals surface area contributed by atoms with Crippen LogP contribution in [0.4, 0.5) is 0 Å². The topological polar surface area (TPSA) is 85.9 Å². The molecule has 0 heterocycles. The van der Waals surface area contributed by atoms with Gasteiger partial charge in [0.05, 0.1) is 8.07 Å². The molecule has 4 nitrogen and oxygen atoms in total. The summed E-state index contributed by atoms with van der Waals surface area (Å²) in [5, 5.41) is 0. The van der Waals surface area contributed by atoms with Gasteiger partial charge >= 0.3 is 0 Å². The summed E-state index contributed by atoms with van der Waals surface area (Å²) in [6.07, 6.45) is 5.73. The van der Waals surface area contributed by atoms with Gasteiger partial charge in [0.2, 0.25) is 0 Å². The van der Waals surface area contributed by atoms with Crippen LogP contribution in [0.15, 0.2) is 23.8 Å². The molecule has 1 unspecified atom stereocenters. The molecule has 0 saturated carbocycles. The van der Waals surface area contributed by atoms with Crippen molar-refractivity contribution in [2.75, 3.05) is 0 Å². The predicted molar refractivity (Wildman–Crippen MR) is 68.8 cm³/mol. The first-order valence-corrected chi connectivity index (χ1v) is 9.87. The summed E-state index contributed by atoms with van der Waals surface area (Å²) in [5.41, 5.74) is 1.05. The molecule has 0 amide bonds. The van der Waals surface area contributed by atoms with Crippen molar-refractivity contribution in [3.8, 4) is 0 Å². The fourth-order valence-corrected chi connectivity index (χ4v) is 6.78. The van der Waals surface area contributed by atoms with Gasteiger partial charge < -0.3 is 5.48 Å². The molecule has 0 saturated heterocycles. The molecule has 94 valence electrons. The highest BCUT2D eigenvalue weighted by molar-refractivity contribution is 7.89. The van der Waals surface area contributed by atoms with Crippen LogP contribution in [0.25, 0.3) is 0 Å². The molecule has 1 aliphatic rings. The minimum absolute atomic E-state index is 0. The highest BCUT2D eigenvalue weighted by Crippen LogP contribution is 2.37. The van der Waals surface area contributed by atoms with Gasteiger partial charge in [-0.05, 0) is 13.3 Å².